The lowest BCUT2D eigenvalue weighted by atomic mass is 10.1. The second kappa shape index (κ2) is 11.7. The van der Waals surface area contributed by atoms with Crippen LogP contribution in [-0.2, 0) is 4.79 Å². The van der Waals surface area contributed by atoms with Gasteiger partial charge in [0.2, 0.25) is 5.91 Å². The molecule has 1 atom stereocenters. The van der Waals surface area contributed by atoms with Gasteiger partial charge in [-0.1, -0.05) is 50.6 Å². The molecule has 188 valence electrons. The first-order valence-corrected chi connectivity index (χ1v) is 12.4. The summed E-state index contributed by atoms with van der Waals surface area (Å²) in [6.07, 6.45) is 0.893. The maximum absolute atomic E-state index is 13.3. The molecule has 0 N–H and O–H groups in total. The molecule has 2 heterocycles. The average Bonchev–Trinajstić information content (AvgIpc) is 2.93. The molecule has 4 rings (SSSR count). The number of amides is 2. The van der Waals surface area contributed by atoms with E-state index >= 15 is 0 Å². The molecule has 8 heteroatoms. The molecule has 0 aliphatic carbocycles. The van der Waals surface area contributed by atoms with Gasteiger partial charge in [0.15, 0.2) is 5.82 Å². The van der Waals surface area contributed by atoms with Crippen LogP contribution < -0.4 is 4.90 Å². The molecule has 0 spiro atoms. The lowest BCUT2D eigenvalue weighted by Crippen LogP contribution is -2.52. The molecular weight excluding hydrogens is 457 g/mol. The Bertz CT molecular complexity index is 1150. The van der Waals surface area contributed by atoms with Gasteiger partial charge in [0.1, 0.15) is 12.4 Å². The van der Waals surface area contributed by atoms with E-state index in [1.807, 2.05) is 42.5 Å². The van der Waals surface area contributed by atoms with E-state index in [0.717, 1.165) is 23.5 Å². The Kier molecular flexibility index (Phi) is 8.25. The van der Waals surface area contributed by atoms with Gasteiger partial charge in [0, 0.05) is 43.9 Å². The molecule has 36 heavy (non-hydrogen) atoms. The second-order valence-corrected chi connectivity index (χ2v) is 9.22. The molecule has 3 aromatic rings. The number of anilines is 1. The van der Waals surface area contributed by atoms with Gasteiger partial charge in [-0.15, -0.1) is 10.2 Å². The van der Waals surface area contributed by atoms with Crippen molar-refractivity contribution in [2.75, 3.05) is 44.2 Å². The molecule has 2 aromatic carbocycles. The molecule has 2 amide bonds. The summed E-state index contributed by atoms with van der Waals surface area (Å²) in [5.41, 5.74) is 2.22. The summed E-state index contributed by atoms with van der Waals surface area (Å²) < 4.78 is 13.3. The first-order chi connectivity index (χ1) is 17.4. The van der Waals surface area contributed by atoms with Gasteiger partial charge in [-0.25, -0.2) is 4.39 Å². The highest BCUT2D eigenvalue weighted by molar-refractivity contribution is 5.96. The fourth-order valence-electron chi connectivity index (χ4n) is 4.20. The van der Waals surface area contributed by atoms with Gasteiger partial charge in [-0.2, -0.15) is 0 Å². The number of halogens is 1. The van der Waals surface area contributed by atoms with Crippen LogP contribution in [0.5, 0.6) is 0 Å². The van der Waals surface area contributed by atoms with E-state index in [-0.39, 0.29) is 24.3 Å². The minimum atomic E-state index is -0.395. The van der Waals surface area contributed by atoms with E-state index in [9.17, 15) is 14.0 Å². The average molecular weight is 490 g/mol. The lowest BCUT2D eigenvalue weighted by molar-refractivity contribution is -0.132. The summed E-state index contributed by atoms with van der Waals surface area (Å²) in [7, 11) is 0. The minimum absolute atomic E-state index is 0.00608. The van der Waals surface area contributed by atoms with Crippen molar-refractivity contribution >= 4 is 17.6 Å². The third kappa shape index (κ3) is 6.24. The van der Waals surface area contributed by atoms with E-state index in [1.54, 1.807) is 9.80 Å². The van der Waals surface area contributed by atoms with Crippen LogP contribution in [0.1, 0.15) is 30.6 Å². The molecule has 1 aliphatic heterocycles. The Balaban J connectivity index is 1.36. The summed E-state index contributed by atoms with van der Waals surface area (Å²) in [6, 6.07) is 19.3. The number of hydrogen-bond acceptors (Lipinski definition) is 5. The van der Waals surface area contributed by atoms with Crippen molar-refractivity contribution in [1.82, 2.24) is 20.0 Å². The highest BCUT2D eigenvalue weighted by atomic mass is 19.1. The summed E-state index contributed by atoms with van der Waals surface area (Å²) in [5, 5.41) is 8.76. The molecule has 7 nitrogen and oxygen atoms in total. The van der Waals surface area contributed by atoms with Gasteiger partial charge < -0.3 is 14.7 Å². The molecule has 1 aliphatic rings. The number of hydrogen-bond donors (Lipinski definition) is 0. The monoisotopic (exact) mass is 489 g/mol. The largest absolute Gasteiger partial charge is 0.352 e. The Morgan fingerprint density at radius 2 is 1.64 bits per heavy atom. The van der Waals surface area contributed by atoms with Gasteiger partial charge in [0.05, 0.1) is 5.69 Å². The molecule has 1 fully saturated rings. The van der Waals surface area contributed by atoms with Crippen molar-refractivity contribution in [3.8, 4) is 11.3 Å². The van der Waals surface area contributed by atoms with Crippen LogP contribution in [-0.4, -0.2) is 71.1 Å². The normalized spacial score (nSPS) is 14.4. The summed E-state index contributed by atoms with van der Waals surface area (Å²) in [4.78, 5) is 31.7. The molecule has 0 unspecified atom stereocenters. The highest BCUT2D eigenvalue weighted by Crippen LogP contribution is 2.19. The predicted molar refractivity (Wildman–Crippen MR) is 138 cm³/mol. The van der Waals surface area contributed by atoms with Crippen LogP contribution in [0.4, 0.5) is 10.2 Å². The number of carbonyl (C=O) groups is 2. The number of aromatic nitrogens is 2. The Morgan fingerprint density at radius 1 is 0.944 bits per heavy atom. The maximum atomic E-state index is 13.3. The minimum Gasteiger partial charge on any atom is -0.352 e. The third-order valence-corrected chi connectivity index (χ3v) is 6.61. The zero-order valence-electron chi connectivity index (χ0n) is 20.8. The van der Waals surface area contributed by atoms with Gasteiger partial charge in [-0.3, -0.25) is 9.59 Å². The topological polar surface area (TPSA) is 69.6 Å². The summed E-state index contributed by atoms with van der Waals surface area (Å²) >= 11 is 0. The number of carbonyl (C=O) groups excluding carboxylic acids is 2. The van der Waals surface area contributed by atoms with E-state index in [1.165, 1.54) is 24.3 Å². The first-order valence-electron chi connectivity index (χ1n) is 12.4. The van der Waals surface area contributed by atoms with E-state index < -0.39 is 5.82 Å². The fraction of sp³-hybridized carbons (Fsp3) is 0.357. The molecule has 1 saturated heterocycles. The van der Waals surface area contributed by atoms with E-state index in [2.05, 4.69) is 28.9 Å². The number of rotatable bonds is 8. The maximum Gasteiger partial charge on any atom is 0.254 e. The summed E-state index contributed by atoms with van der Waals surface area (Å²) in [6.45, 7) is 6.96. The standard InChI is InChI=1S/C28H32FN5O2/c1-3-21(2)19-34(28(36)23-9-11-24(29)12-10-23)20-27(35)33-17-15-32(16-18-33)26-14-13-25(30-31-26)22-7-5-4-6-8-22/h4-14,21H,3,15-20H2,1-2H3/t21-/m0/s1. The first kappa shape index (κ1) is 25.3. The number of benzene rings is 2. The molecule has 0 radical (unpaired) electrons. The van der Waals surface area contributed by atoms with Crippen molar-refractivity contribution < 1.29 is 14.0 Å². The van der Waals surface area contributed by atoms with Crippen LogP contribution in [0.3, 0.4) is 0 Å². The van der Waals surface area contributed by atoms with Crippen LogP contribution in [0.15, 0.2) is 66.7 Å². The Hall–Kier alpha value is -3.81. The van der Waals surface area contributed by atoms with Crippen molar-refractivity contribution in [3.05, 3.63) is 78.1 Å². The van der Waals surface area contributed by atoms with Crippen LogP contribution in [0.2, 0.25) is 0 Å². The zero-order valence-corrected chi connectivity index (χ0v) is 20.8. The van der Waals surface area contributed by atoms with Crippen molar-refractivity contribution in [1.29, 1.82) is 0 Å². The van der Waals surface area contributed by atoms with Crippen molar-refractivity contribution in [3.63, 3.8) is 0 Å². The third-order valence-electron chi connectivity index (χ3n) is 6.61. The quantitative estimate of drug-likeness (QED) is 0.476. The van der Waals surface area contributed by atoms with Crippen LogP contribution in [0, 0.1) is 11.7 Å². The van der Waals surface area contributed by atoms with Crippen molar-refractivity contribution in [2.24, 2.45) is 5.92 Å². The van der Waals surface area contributed by atoms with Gasteiger partial charge in [0.25, 0.3) is 5.91 Å². The SMILES string of the molecule is CC[C@H](C)CN(CC(=O)N1CCN(c2ccc(-c3ccccc3)nn2)CC1)C(=O)c1ccc(F)cc1. The smallest absolute Gasteiger partial charge is 0.254 e. The zero-order chi connectivity index (χ0) is 25.5. The van der Waals surface area contributed by atoms with Crippen molar-refractivity contribution in [2.45, 2.75) is 20.3 Å². The van der Waals surface area contributed by atoms with E-state index in [0.29, 0.717) is 38.3 Å². The van der Waals surface area contributed by atoms with Gasteiger partial charge in [-0.05, 0) is 42.3 Å². The molecule has 0 saturated carbocycles. The number of piperazine rings is 1. The highest BCUT2D eigenvalue weighted by Gasteiger charge is 2.26. The van der Waals surface area contributed by atoms with Crippen LogP contribution in [0.25, 0.3) is 11.3 Å². The predicted octanol–water partition coefficient (Wildman–Crippen LogP) is 4.12. The molecular formula is C28H32FN5O2. The number of nitrogens with zero attached hydrogens (tertiary/aromatic N) is 5. The summed E-state index contributed by atoms with van der Waals surface area (Å²) in [5.74, 6) is 0.298. The van der Waals surface area contributed by atoms with E-state index in [4.69, 9.17) is 0 Å². The van der Waals surface area contributed by atoms with Gasteiger partial charge >= 0.3 is 0 Å². The molecule has 1 aromatic heterocycles. The Labute approximate surface area is 211 Å². The second-order valence-electron chi connectivity index (χ2n) is 9.22. The fourth-order valence-corrected chi connectivity index (χ4v) is 4.20. The van der Waals surface area contributed by atoms with Crippen LogP contribution >= 0.6 is 0 Å². The molecule has 0 bridgehead atoms. The Morgan fingerprint density at radius 3 is 2.25 bits per heavy atom. The lowest BCUT2D eigenvalue weighted by Gasteiger charge is -2.36.